The van der Waals surface area contributed by atoms with Gasteiger partial charge in [0.1, 0.15) is 0 Å². The maximum atomic E-state index is 13.2. The van der Waals surface area contributed by atoms with Gasteiger partial charge in [-0.2, -0.15) is 13.2 Å². The third-order valence-corrected chi connectivity index (χ3v) is 5.79. The van der Waals surface area contributed by atoms with Gasteiger partial charge in [0.05, 0.1) is 30.9 Å². The van der Waals surface area contributed by atoms with Crippen molar-refractivity contribution in [1.82, 2.24) is 10.3 Å². The highest BCUT2D eigenvalue weighted by Gasteiger charge is 2.49. The van der Waals surface area contributed by atoms with E-state index in [4.69, 9.17) is 9.47 Å². The first-order chi connectivity index (χ1) is 13.4. The van der Waals surface area contributed by atoms with Crippen LogP contribution in [-0.2, 0) is 10.9 Å². The van der Waals surface area contributed by atoms with Crippen molar-refractivity contribution in [3.63, 3.8) is 0 Å². The zero-order valence-corrected chi connectivity index (χ0v) is 15.6. The predicted octanol–water partition coefficient (Wildman–Crippen LogP) is 4.48. The summed E-state index contributed by atoms with van der Waals surface area (Å²) in [7, 11) is 1.43. The summed E-state index contributed by atoms with van der Waals surface area (Å²) in [6, 6.07) is 11.2. The second-order valence-electron chi connectivity index (χ2n) is 7.50. The fraction of sp³-hybridized carbons (Fsp3) is 0.476. The molecular formula is C21H23F3N2O2. The zero-order valence-electron chi connectivity index (χ0n) is 15.6. The maximum Gasteiger partial charge on any atom is 0.417 e. The van der Waals surface area contributed by atoms with Crippen LogP contribution in [0.2, 0.25) is 0 Å². The van der Waals surface area contributed by atoms with Gasteiger partial charge in [-0.25, -0.2) is 4.98 Å². The summed E-state index contributed by atoms with van der Waals surface area (Å²) in [6.45, 7) is 1.24. The van der Waals surface area contributed by atoms with E-state index >= 15 is 0 Å². The Hall–Kier alpha value is -2.12. The number of nitrogens with one attached hydrogen (secondary N) is 1. The van der Waals surface area contributed by atoms with E-state index in [2.05, 4.69) is 22.4 Å². The van der Waals surface area contributed by atoms with Crippen LogP contribution in [0.25, 0.3) is 0 Å². The molecule has 2 aromatic rings. The van der Waals surface area contributed by atoms with E-state index in [-0.39, 0.29) is 17.8 Å². The van der Waals surface area contributed by atoms with E-state index < -0.39 is 17.3 Å². The van der Waals surface area contributed by atoms with Crippen molar-refractivity contribution >= 4 is 0 Å². The Balaban J connectivity index is 1.66. The van der Waals surface area contributed by atoms with E-state index in [0.717, 1.165) is 37.2 Å². The summed E-state index contributed by atoms with van der Waals surface area (Å²) in [5.74, 6) is 0.0366. The molecule has 4 nitrogen and oxygen atoms in total. The molecule has 0 radical (unpaired) electrons. The van der Waals surface area contributed by atoms with Gasteiger partial charge >= 0.3 is 6.18 Å². The molecule has 1 aromatic carbocycles. The molecule has 150 valence electrons. The molecule has 3 unspecified atom stereocenters. The van der Waals surface area contributed by atoms with E-state index in [0.29, 0.717) is 18.6 Å². The standard InChI is InChI=1S/C21H23F3N2O2/c1-27-19-17(10-16(12-26-19)21(22,23)24)15-11-20(28-13-15)8-5-9-25-18(20)14-6-3-2-4-7-14/h2-4,6-7,10,12,15,18,25H,5,8-9,11,13H2,1H3. The molecule has 28 heavy (non-hydrogen) atoms. The molecule has 3 atom stereocenters. The van der Waals surface area contributed by atoms with Gasteiger partial charge in [-0.3, -0.25) is 0 Å². The Morgan fingerprint density at radius 1 is 1.25 bits per heavy atom. The van der Waals surface area contributed by atoms with Gasteiger partial charge in [-0.05, 0) is 37.4 Å². The molecular weight excluding hydrogens is 369 g/mol. The second-order valence-corrected chi connectivity index (χ2v) is 7.50. The van der Waals surface area contributed by atoms with Crippen molar-refractivity contribution in [2.75, 3.05) is 20.3 Å². The smallest absolute Gasteiger partial charge is 0.417 e. The van der Waals surface area contributed by atoms with Crippen molar-refractivity contribution in [2.24, 2.45) is 0 Å². The van der Waals surface area contributed by atoms with Crippen molar-refractivity contribution in [3.8, 4) is 5.88 Å². The average Bonchev–Trinajstić information content (AvgIpc) is 3.12. The van der Waals surface area contributed by atoms with E-state index in [1.165, 1.54) is 7.11 Å². The molecule has 2 saturated heterocycles. The largest absolute Gasteiger partial charge is 0.481 e. The topological polar surface area (TPSA) is 43.4 Å². The van der Waals surface area contributed by atoms with Crippen LogP contribution in [0.15, 0.2) is 42.6 Å². The first kappa shape index (κ1) is 19.2. The maximum absolute atomic E-state index is 13.2. The highest BCUT2D eigenvalue weighted by Crippen LogP contribution is 2.49. The van der Waals surface area contributed by atoms with E-state index in [9.17, 15) is 13.2 Å². The SMILES string of the molecule is COc1ncc(C(F)(F)F)cc1C1COC2(CCCNC2c2ccccc2)C1. The fourth-order valence-electron chi connectivity index (χ4n) is 4.50. The number of hydrogen-bond acceptors (Lipinski definition) is 4. The van der Waals surface area contributed by atoms with Crippen LogP contribution in [0.4, 0.5) is 13.2 Å². The molecule has 7 heteroatoms. The second kappa shape index (κ2) is 7.37. The Labute approximate surface area is 162 Å². The number of rotatable bonds is 3. The van der Waals surface area contributed by atoms with Crippen LogP contribution in [0.3, 0.4) is 0 Å². The molecule has 0 bridgehead atoms. The normalized spacial score (nSPS) is 27.9. The van der Waals surface area contributed by atoms with Gasteiger partial charge in [0.15, 0.2) is 0 Å². The predicted molar refractivity (Wildman–Crippen MR) is 98.3 cm³/mol. The monoisotopic (exact) mass is 392 g/mol. The summed E-state index contributed by atoms with van der Waals surface area (Å²) in [6.07, 6.45) is -1.16. The first-order valence-electron chi connectivity index (χ1n) is 9.46. The Bertz CT molecular complexity index is 828. The van der Waals surface area contributed by atoms with Gasteiger partial charge in [0.2, 0.25) is 5.88 Å². The van der Waals surface area contributed by atoms with Crippen LogP contribution in [0.5, 0.6) is 5.88 Å². The van der Waals surface area contributed by atoms with Crippen molar-refractivity contribution in [1.29, 1.82) is 0 Å². The number of piperidine rings is 1. The third kappa shape index (κ3) is 3.49. The average molecular weight is 392 g/mol. The Morgan fingerprint density at radius 3 is 2.75 bits per heavy atom. The number of methoxy groups -OCH3 is 1. The molecule has 2 aliphatic heterocycles. The molecule has 0 aliphatic carbocycles. The minimum absolute atomic E-state index is 0.0113. The lowest BCUT2D eigenvalue weighted by Gasteiger charge is -2.41. The number of halogens is 3. The van der Waals surface area contributed by atoms with Crippen molar-refractivity contribution in [2.45, 2.75) is 43.0 Å². The summed E-state index contributed by atoms with van der Waals surface area (Å²) in [5, 5.41) is 3.55. The van der Waals surface area contributed by atoms with Crippen LogP contribution >= 0.6 is 0 Å². The number of aromatic nitrogens is 1. The van der Waals surface area contributed by atoms with Crippen LogP contribution in [0.1, 0.15) is 47.9 Å². The molecule has 4 rings (SSSR count). The van der Waals surface area contributed by atoms with Gasteiger partial charge in [-0.15, -0.1) is 0 Å². The molecule has 0 saturated carbocycles. The Morgan fingerprint density at radius 2 is 2.04 bits per heavy atom. The number of alkyl halides is 3. The lowest BCUT2D eigenvalue weighted by atomic mass is 9.77. The van der Waals surface area contributed by atoms with E-state index in [1.807, 2.05) is 18.2 Å². The van der Waals surface area contributed by atoms with Gasteiger partial charge < -0.3 is 14.8 Å². The lowest BCUT2D eigenvalue weighted by molar-refractivity contribution is -0.137. The number of hydrogen-bond donors (Lipinski definition) is 1. The van der Waals surface area contributed by atoms with E-state index in [1.54, 1.807) is 0 Å². The zero-order chi connectivity index (χ0) is 19.8. The number of benzene rings is 1. The molecule has 2 aliphatic rings. The van der Waals surface area contributed by atoms with Crippen LogP contribution < -0.4 is 10.1 Å². The molecule has 1 spiro atoms. The van der Waals surface area contributed by atoms with Gasteiger partial charge in [0.25, 0.3) is 0 Å². The first-order valence-corrected chi connectivity index (χ1v) is 9.46. The lowest BCUT2D eigenvalue weighted by Crippen LogP contribution is -2.48. The fourth-order valence-corrected chi connectivity index (χ4v) is 4.50. The summed E-state index contributed by atoms with van der Waals surface area (Å²) in [4.78, 5) is 3.91. The molecule has 3 heterocycles. The molecule has 1 aromatic heterocycles. The van der Waals surface area contributed by atoms with Crippen LogP contribution in [-0.4, -0.2) is 30.8 Å². The summed E-state index contributed by atoms with van der Waals surface area (Å²) < 4.78 is 51.2. The van der Waals surface area contributed by atoms with Crippen LogP contribution in [0, 0.1) is 0 Å². The highest BCUT2D eigenvalue weighted by atomic mass is 19.4. The quantitative estimate of drug-likeness (QED) is 0.837. The molecule has 1 N–H and O–H groups in total. The minimum Gasteiger partial charge on any atom is -0.481 e. The molecule has 2 fully saturated rings. The van der Waals surface area contributed by atoms with Crippen molar-refractivity contribution in [3.05, 3.63) is 59.3 Å². The number of nitrogens with zero attached hydrogens (tertiary/aromatic N) is 1. The Kier molecular flexibility index (Phi) is 5.05. The summed E-state index contributed by atoms with van der Waals surface area (Å²) >= 11 is 0. The third-order valence-electron chi connectivity index (χ3n) is 5.79. The highest BCUT2D eigenvalue weighted by molar-refractivity contribution is 5.36. The van der Waals surface area contributed by atoms with Gasteiger partial charge in [-0.1, -0.05) is 30.3 Å². The number of pyridine rings is 1. The minimum atomic E-state index is -4.44. The van der Waals surface area contributed by atoms with Crippen molar-refractivity contribution < 1.29 is 22.6 Å². The number of ether oxygens (including phenoxy) is 2. The van der Waals surface area contributed by atoms with Gasteiger partial charge in [0, 0.05) is 17.7 Å². The molecule has 0 amide bonds. The summed E-state index contributed by atoms with van der Waals surface area (Å²) in [5.41, 5.74) is 0.401.